The van der Waals surface area contributed by atoms with Crippen LogP contribution in [-0.4, -0.2) is 37.3 Å². The lowest BCUT2D eigenvalue weighted by Gasteiger charge is -2.27. The lowest BCUT2D eigenvalue weighted by atomic mass is 10.0. The molecule has 0 aliphatic rings. The summed E-state index contributed by atoms with van der Waals surface area (Å²) in [4.78, 5) is 24.8. The van der Waals surface area contributed by atoms with Crippen molar-refractivity contribution in [2.75, 3.05) is 25.1 Å². The second-order valence-corrected chi connectivity index (χ2v) is 6.61. The summed E-state index contributed by atoms with van der Waals surface area (Å²) in [6.07, 6.45) is 0.535. The average Bonchev–Trinajstić information content (AvgIpc) is 2.60. The Kier molecular flexibility index (Phi) is 8.58. The van der Waals surface area contributed by atoms with Crippen LogP contribution in [0, 0.1) is 5.92 Å². The Morgan fingerprint density at radius 2 is 1.85 bits per heavy atom. The van der Waals surface area contributed by atoms with Crippen molar-refractivity contribution in [3.63, 3.8) is 0 Å². The molecule has 0 aromatic heterocycles. The third kappa shape index (κ3) is 6.02. The fourth-order valence-corrected chi connectivity index (χ4v) is 2.27. The van der Waals surface area contributed by atoms with E-state index in [0.29, 0.717) is 42.6 Å². The number of esters is 1. The molecule has 1 amide bonds. The molecule has 0 heterocycles. The van der Waals surface area contributed by atoms with Crippen molar-refractivity contribution < 1.29 is 23.8 Å². The molecule has 0 unspecified atom stereocenters. The van der Waals surface area contributed by atoms with E-state index in [0.717, 1.165) is 0 Å². The minimum Gasteiger partial charge on any atom is -0.492 e. The van der Waals surface area contributed by atoms with Crippen molar-refractivity contribution in [2.45, 2.75) is 53.6 Å². The number of amides is 1. The minimum atomic E-state index is -0.925. The van der Waals surface area contributed by atoms with Crippen LogP contribution in [0.5, 0.6) is 5.75 Å². The Morgan fingerprint density at radius 3 is 2.38 bits per heavy atom. The quantitative estimate of drug-likeness (QED) is 0.633. The summed E-state index contributed by atoms with van der Waals surface area (Å²) in [5.41, 5.74) is -0.139. The number of ether oxygens (including phenoxy) is 3. The van der Waals surface area contributed by atoms with Crippen LogP contribution in [0.4, 0.5) is 5.69 Å². The summed E-state index contributed by atoms with van der Waals surface area (Å²) in [5.74, 6) is 0.0250. The summed E-state index contributed by atoms with van der Waals surface area (Å²) in [5, 5.41) is 2.82. The number of rotatable bonds is 10. The SMILES string of the molecule is CCOC(=O)c1cc(NC(=O)[C@@](C)(CC)OCC)ccc1OCC(C)C. The molecule has 0 bridgehead atoms. The number of nitrogens with one attached hydrogen (secondary N) is 1. The Morgan fingerprint density at radius 1 is 1.15 bits per heavy atom. The fraction of sp³-hybridized carbons (Fsp3) is 0.600. The summed E-state index contributed by atoms with van der Waals surface area (Å²) in [6.45, 7) is 12.5. The summed E-state index contributed by atoms with van der Waals surface area (Å²) < 4.78 is 16.4. The molecule has 1 atom stereocenters. The molecule has 0 saturated heterocycles. The van der Waals surface area contributed by atoms with E-state index in [1.54, 1.807) is 32.0 Å². The number of carbonyl (C=O) groups excluding carboxylic acids is 2. The third-order valence-electron chi connectivity index (χ3n) is 3.92. The monoisotopic (exact) mass is 365 g/mol. The molecule has 26 heavy (non-hydrogen) atoms. The highest BCUT2D eigenvalue weighted by Crippen LogP contribution is 2.26. The van der Waals surface area contributed by atoms with Crippen molar-refractivity contribution in [3.05, 3.63) is 23.8 Å². The van der Waals surface area contributed by atoms with Crippen LogP contribution in [0.3, 0.4) is 0 Å². The van der Waals surface area contributed by atoms with Crippen LogP contribution in [0.15, 0.2) is 18.2 Å². The van der Waals surface area contributed by atoms with E-state index in [-0.39, 0.29) is 12.5 Å². The predicted octanol–water partition coefficient (Wildman–Crippen LogP) is 4.04. The van der Waals surface area contributed by atoms with Gasteiger partial charge in [0.15, 0.2) is 0 Å². The van der Waals surface area contributed by atoms with Crippen molar-refractivity contribution in [3.8, 4) is 5.75 Å². The van der Waals surface area contributed by atoms with Gasteiger partial charge in [0.2, 0.25) is 0 Å². The van der Waals surface area contributed by atoms with E-state index in [4.69, 9.17) is 14.2 Å². The van der Waals surface area contributed by atoms with E-state index in [2.05, 4.69) is 5.32 Å². The second-order valence-electron chi connectivity index (χ2n) is 6.61. The van der Waals surface area contributed by atoms with Gasteiger partial charge in [-0.3, -0.25) is 4.79 Å². The lowest BCUT2D eigenvalue weighted by Crippen LogP contribution is -2.42. The van der Waals surface area contributed by atoms with Gasteiger partial charge in [0.1, 0.15) is 16.9 Å². The van der Waals surface area contributed by atoms with Gasteiger partial charge in [-0.2, -0.15) is 0 Å². The van der Waals surface area contributed by atoms with Crippen LogP contribution in [0.2, 0.25) is 0 Å². The minimum absolute atomic E-state index is 0.257. The topological polar surface area (TPSA) is 73.9 Å². The molecular weight excluding hydrogens is 334 g/mol. The molecule has 0 aliphatic heterocycles. The molecule has 1 aromatic rings. The van der Waals surface area contributed by atoms with E-state index >= 15 is 0 Å². The van der Waals surface area contributed by atoms with E-state index in [9.17, 15) is 9.59 Å². The second kappa shape index (κ2) is 10.2. The standard InChI is InChI=1S/C20H31NO5/c1-7-20(6,26-9-3)19(23)21-15-10-11-17(25-13-14(4)5)16(12-15)18(22)24-8-2/h10-12,14H,7-9,13H2,1-6H3,(H,21,23)/t20-/m1/s1. The van der Waals surface area contributed by atoms with Crippen LogP contribution >= 0.6 is 0 Å². The molecule has 1 aromatic carbocycles. The molecule has 0 spiro atoms. The Labute approximate surface area is 156 Å². The number of benzene rings is 1. The maximum absolute atomic E-state index is 12.6. The maximum Gasteiger partial charge on any atom is 0.341 e. The maximum atomic E-state index is 12.6. The zero-order valence-electron chi connectivity index (χ0n) is 16.7. The largest absolute Gasteiger partial charge is 0.492 e. The molecular formula is C20H31NO5. The first-order valence-electron chi connectivity index (χ1n) is 9.16. The van der Waals surface area contributed by atoms with E-state index in [1.165, 1.54) is 0 Å². The van der Waals surface area contributed by atoms with Crippen molar-refractivity contribution >= 4 is 17.6 Å². The van der Waals surface area contributed by atoms with Crippen LogP contribution in [-0.2, 0) is 14.3 Å². The van der Waals surface area contributed by atoms with Crippen LogP contribution < -0.4 is 10.1 Å². The smallest absolute Gasteiger partial charge is 0.341 e. The molecule has 0 aliphatic carbocycles. The Bertz CT molecular complexity index is 614. The van der Waals surface area contributed by atoms with Gasteiger partial charge in [0, 0.05) is 12.3 Å². The number of hydrogen-bond acceptors (Lipinski definition) is 5. The zero-order valence-corrected chi connectivity index (χ0v) is 16.7. The van der Waals surface area contributed by atoms with Crippen LogP contribution in [0.1, 0.15) is 58.3 Å². The van der Waals surface area contributed by atoms with Crippen molar-refractivity contribution in [2.24, 2.45) is 5.92 Å². The number of anilines is 1. The van der Waals surface area contributed by atoms with Gasteiger partial charge < -0.3 is 19.5 Å². The van der Waals surface area contributed by atoms with Gasteiger partial charge in [-0.1, -0.05) is 20.8 Å². The van der Waals surface area contributed by atoms with Gasteiger partial charge in [0.25, 0.3) is 5.91 Å². The van der Waals surface area contributed by atoms with E-state index in [1.807, 2.05) is 27.7 Å². The third-order valence-corrected chi connectivity index (χ3v) is 3.92. The average molecular weight is 365 g/mol. The summed E-state index contributed by atoms with van der Waals surface area (Å²) >= 11 is 0. The van der Waals surface area contributed by atoms with Crippen LogP contribution in [0.25, 0.3) is 0 Å². The Hall–Kier alpha value is -2.08. The first-order valence-corrected chi connectivity index (χ1v) is 9.16. The molecule has 1 rings (SSSR count). The normalized spacial score (nSPS) is 13.2. The van der Waals surface area contributed by atoms with Gasteiger partial charge in [-0.05, 0) is 51.3 Å². The molecule has 0 saturated carbocycles. The highest BCUT2D eigenvalue weighted by atomic mass is 16.5. The predicted molar refractivity (Wildman–Crippen MR) is 102 cm³/mol. The molecule has 1 N–H and O–H groups in total. The molecule has 6 heteroatoms. The van der Waals surface area contributed by atoms with Gasteiger partial charge >= 0.3 is 5.97 Å². The first kappa shape index (κ1) is 22.0. The van der Waals surface area contributed by atoms with Crippen molar-refractivity contribution in [1.82, 2.24) is 0 Å². The highest BCUT2D eigenvalue weighted by molar-refractivity contribution is 5.99. The summed E-state index contributed by atoms with van der Waals surface area (Å²) in [6, 6.07) is 4.96. The molecule has 0 radical (unpaired) electrons. The van der Waals surface area contributed by atoms with Gasteiger partial charge in [-0.15, -0.1) is 0 Å². The van der Waals surface area contributed by atoms with Crippen molar-refractivity contribution in [1.29, 1.82) is 0 Å². The van der Waals surface area contributed by atoms with E-state index < -0.39 is 11.6 Å². The Balaban J connectivity index is 3.07. The zero-order chi connectivity index (χ0) is 19.7. The van der Waals surface area contributed by atoms with Gasteiger partial charge in [0.05, 0.1) is 13.2 Å². The number of carbonyl (C=O) groups is 2. The summed E-state index contributed by atoms with van der Waals surface area (Å²) in [7, 11) is 0. The molecule has 6 nitrogen and oxygen atoms in total. The number of hydrogen-bond donors (Lipinski definition) is 1. The highest BCUT2D eigenvalue weighted by Gasteiger charge is 2.32. The first-order chi connectivity index (χ1) is 12.3. The fourth-order valence-electron chi connectivity index (χ4n) is 2.27. The lowest BCUT2D eigenvalue weighted by molar-refractivity contribution is -0.139. The molecule has 146 valence electrons. The molecule has 0 fully saturated rings. The van der Waals surface area contributed by atoms with Gasteiger partial charge in [-0.25, -0.2) is 4.79 Å².